The molecule has 0 spiro atoms. The molecule has 0 aromatic heterocycles. The van der Waals surface area contributed by atoms with Crippen molar-refractivity contribution >= 4 is 45.7 Å². The Morgan fingerprint density at radius 2 is 1.77 bits per heavy atom. The molecule has 4 aliphatic rings. The number of likely N-dealkylation sites (tertiary alicyclic amines) is 1. The van der Waals surface area contributed by atoms with Crippen molar-refractivity contribution in [2.24, 2.45) is 11.3 Å². The Labute approximate surface area is 326 Å². The lowest BCUT2D eigenvalue weighted by molar-refractivity contribution is -0.141. The lowest BCUT2D eigenvalue weighted by atomic mass is 9.95. The number of hydrogen-bond donors (Lipinski definition) is 3. The van der Waals surface area contributed by atoms with Gasteiger partial charge in [0.2, 0.25) is 21.8 Å². The van der Waals surface area contributed by atoms with E-state index in [-0.39, 0.29) is 56.5 Å². The molecule has 3 fully saturated rings. The summed E-state index contributed by atoms with van der Waals surface area (Å²) in [5.41, 5.74) is -1.95. The van der Waals surface area contributed by atoms with Crippen molar-refractivity contribution in [2.75, 3.05) is 6.54 Å². The van der Waals surface area contributed by atoms with E-state index in [1.807, 2.05) is 20.8 Å². The molecule has 3 N–H and O–H groups in total. The number of amides is 5. The summed E-state index contributed by atoms with van der Waals surface area (Å²) in [5.74, 6) is -3.96. The van der Waals surface area contributed by atoms with Gasteiger partial charge in [0.1, 0.15) is 35.1 Å². The molecule has 1 saturated heterocycles. The van der Waals surface area contributed by atoms with Gasteiger partial charge in [0.15, 0.2) is 5.78 Å². The first-order valence-corrected chi connectivity index (χ1v) is 20.3. The van der Waals surface area contributed by atoms with Crippen molar-refractivity contribution in [3.63, 3.8) is 0 Å². The van der Waals surface area contributed by atoms with Crippen LogP contribution in [0.15, 0.2) is 43.0 Å². The van der Waals surface area contributed by atoms with Gasteiger partial charge in [-0.15, -0.1) is 6.58 Å². The van der Waals surface area contributed by atoms with E-state index in [0.717, 1.165) is 4.90 Å². The highest BCUT2D eigenvalue weighted by molar-refractivity contribution is 7.91. The quantitative estimate of drug-likeness (QED) is 0.195. The van der Waals surface area contributed by atoms with Crippen LogP contribution in [0, 0.1) is 17.2 Å². The summed E-state index contributed by atoms with van der Waals surface area (Å²) < 4.78 is 53.1. The van der Waals surface area contributed by atoms with Crippen molar-refractivity contribution in [3.05, 3.63) is 60.0 Å². The molecule has 1 aromatic carbocycles. The maximum atomic E-state index is 14.5. The maximum Gasteiger partial charge on any atom is 0.410 e. The molecule has 306 valence electrons. The third-order valence-electron chi connectivity index (χ3n) is 9.99. The highest BCUT2D eigenvalue weighted by atomic mass is 32.2. The van der Waals surface area contributed by atoms with Crippen molar-refractivity contribution < 1.29 is 51.0 Å². The third kappa shape index (κ3) is 10.3. The van der Waals surface area contributed by atoms with Gasteiger partial charge in [-0.3, -0.25) is 28.8 Å². The summed E-state index contributed by atoms with van der Waals surface area (Å²) in [5, 5.41) is 4.50. The SMILES string of the molecule is C=C[C@@H]1C[C@]1(NC(=O)[C@@H]1C[C@@H](OC(=O)N2Cc3cccc(F)c3C2)CN1C(=O)[C@H](CCC(=O)/C=C\C(C)(C)C)NC(=O)OC(C)(C)C)C(=O)NS(=O)(=O)C1CC1. The zero-order chi connectivity index (χ0) is 41.4. The second kappa shape index (κ2) is 16.0. The molecular weight excluding hydrogens is 750 g/mol. The summed E-state index contributed by atoms with van der Waals surface area (Å²) in [4.78, 5) is 83.8. The van der Waals surface area contributed by atoms with Gasteiger partial charge in [-0.2, -0.15) is 0 Å². The molecule has 15 nitrogen and oxygen atoms in total. The number of hydrogen-bond acceptors (Lipinski definition) is 10. The summed E-state index contributed by atoms with van der Waals surface area (Å²) in [6.45, 7) is 14.1. The van der Waals surface area contributed by atoms with Crippen LogP contribution in [0.2, 0.25) is 0 Å². The van der Waals surface area contributed by atoms with Crippen LogP contribution in [0.3, 0.4) is 0 Å². The number of alkyl carbamates (subject to hydrolysis) is 1. The molecule has 0 bridgehead atoms. The van der Waals surface area contributed by atoms with E-state index >= 15 is 0 Å². The smallest absolute Gasteiger partial charge is 0.410 e. The lowest BCUT2D eigenvalue weighted by Gasteiger charge is -2.30. The van der Waals surface area contributed by atoms with Crippen LogP contribution in [0.1, 0.15) is 91.2 Å². The van der Waals surface area contributed by atoms with Crippen LogP contribution in [0.4, 0.5) is 14.0 Å². The highest BCUT2D eigenvalue weighted by Crippen LogP contribution is 2.45. The number of sulfonamides is 1. The van der Waals surface area contributed by atoms with Gasteiger partial charge in [0.25, 0.3) is 5.91 Å². The minimum atomic E-state index is -3.97. The van der Waals surface area contributed by atoms with Gasteiger partial charge in [0.05, 0.1) is 18.3 Å². The fraction of sp³-hybridized carbons (Fsp3) is 0.590. The number of nitrogens with zero attached hydrogens (tertiary/aromatic N) is 2. The first-order valence-electron chi connectivity index (χ1n) is 18.8. The molecule has 17 heteroatoms. The van der Waals surface area contributed by atoms with Crippen LogP contribution < -0.4 is 15.4 Å². The Balaban J connectivity index is 1.39. The van der Waals surface area contributed by atoms with E-state index < -0.39 is 86.2 Å². The Hall–Kier alpha value is -4.80. The number of ether oxygens (including phenoxy) is 2. The van der Waals surface area contributed by atoms with Gasteiger partial charge in [-0.25, -0.2) is 22.4 Å². The molecule has 2 heterocycles. The summed E-state index contributed by atoms with van der Waals surface area (Å²) in [7, 11) is -3.97. The molecule has 2 saturated carbocycles. The molecule has 56 heavy (non-hydrogen) atoms. The average Bonchev–Trinajstić information content (AvgIpc) is 3.98. The number of allylic oxidation sites excluding steroid dienone is 2. The number of carbonyl (C=O) groups excluding carboxylic acids is 6. The minimum absolute atomic E-state index is 0.0481. The van der Waals surface area contributed by atoms with Crippen LogP contribution in [0.25, 0.3) is 0 Å². The van der Waals surface area contributed by atoms with Crippen molar-refractivity contribution in [3.8, 4) is 0 Å². The Morgan fingerprint density at radius 1 is 1.07 bits per heavy atom. The van der Waals surface area contributed by atoms with E-state index in [1.165, 1.54) is 29.2 Å². The normalized spacial score (nSPS) is 23.9. The molecule has 2 aliphatic carbocycles. The monoisotopic (exact) mass is 801 g/mol. The highest BCUT2D eigenvalue weighted by Gasteiger charge is 2.62. The molecule has 5 amide bonds. The maximum absolute atomic E-state index is 14.5. The van der Waals surface area contributed by atoms with Crippen LogP contribution >= 0.6 is 0 Å². The van der Waals surface area contributed by atoms with Crippen LogP contribution in [-0.4, -0.2) is 95.0 Å². The fourth-order valence-corrected chi connectivity index (χ4v) is 8.11. The molecule has 5 atom stereocenters. The largest absolute Gasteiger partial charge is 0.444 e. The Morgan fingerprint density at radius 3 is 2.36 bits per heavy atom. The number of halogens is 1. The Bertz CT molecular complexity index is 1920. The summed E-state index contributed by atoms with van der Waals surface area (Å²) >= 11 is 0. The summed E-state index contributed by atoms with van der Waals surface area (Å²) in [6, 6.07) is 1.77. The number of nitrogens with one attached hydrogen (secondary N) is 3. The predicted octanol–water partition coefficient (Wildman–Crippen LogP) is 3.76. The van der Waals surface area contributed by atoms with Gasteiger partial charge >= 0.3 is 12.2 Å². The standard InChI is InChI=1S/C39H52FN5O10S/c1-8-24-19-39(24,34(49)43-56(52,53)27-13-14-27)42-32(47)31-18-26(54-36(51)44-20-23-10-9-11-29(40)28(23)22-44)21-45(31)33(48)30(41-35(50)55-38(5,6)7)15-12-25(46)16-17-37(2,3)4/h8-11,16-17,24,26-27,30-31H,1,12-15,18-22H2,2-7H3,(H,41,50)(H,42,47)(H,43,49)/b17-16-/t24-,26-,30+,31+,39-/m1/s1. The van der Waals surface area contributed by atoms with Gasteiger partial charge < -0.3 is 25.0 Å². The molecular formula is C39H52FN5O10S. The van der Waals surface area contributed by atoms with E-state index in [0.29, 0.717) is 24.0 Å². The molecule has 1 aromatic rings. The second-order valence-corrected chi connectivity index (χ2v) is 19.0. The van der Waals surface area contributed by atoms with E-state index in [4.69, 9.17) is 9.47 Å². The topological polar surface area (TPSA) is 198 Å². The molecule has 2 aliphatic heterocycles. The van der Waals surface area contributed by atoms with Crippen LogP contribution in [-0.2, 0) is 51.8 Å². The molecule has 0 unspecified atom stereocenters. The van der Waals surface area contributed by atoms with Gasteiger partial charge in [0, 0.05) is 30.9 Å². The number of carbonyl (C=O) groups is 6. The molecule has 0 radical (unpaired) electrons. The Kier molecular flexibility index (Phi) is 12.1. The van der Waals surface area contributed by atoms with E-state index in [1.54, 1.807) is 32.9 Å². The van der Waals surface area contributed by atoms with Crippen molar-refractivity contribution in [2.45, 2.75) is 128 Å². The predicted molar refractivity (Wildman–Crippen MR) is 201 cm³/mol. The fourth-order valence-electron chi connectivity index (χ4n) is 6.74. The third-order valence-corrected chi connectivity index (χ3v) is 11.8. The number of fused-ring (bicyclic) bond motifs is 1. The zero-order valence-electron chi connectivity index (χ0n) is 32.7. The summed E-state index contributed by atoms with van der Waals surface area (Å²) in [6.07, 6.45) is 2.01. The molecule has 5 rings (SSSR count). The van der Waals surface area contributed by atoms with Crippen molar-refractivity contribution in [1.82, 2.24) is 25.2 Å². The minimum Gasteiger partial charge on any atom is -0.444 e. The first kappa shape index (κ1) is 42.3. The first-order chi connectivity index (χ1) is 26.0. The number of rotatable bonds is 13. The van der Waals surface area contributed by atoms with Crippen LogP contribution in [0.5, 0.6) is 0 Å². The number of ketones is 1. The average molecular weight is 802 g/mol. The number of benzene rings is 1. The zero-order valence-corrected chi connectivity index (χ0v) is 33.5. The lowest BCUT2D eigenvalue weighted by Crippen LogP contribution is -2.58. The van der Waals surface area contributed by atoms with Gasteiger partial charge in [-0.1, -0.05) is 45.1 Å². The second-order valence-electron chi connectivity index (χ2n) is 17.1. The van der Waals surface area contributed by atoms with Gasteiger partial charge in [-0.05, 0) is 69.6 Å². The van der Waals surface area contributed by atoms with E-state index in [2.05, 4.69) is 21.9 Å². The van der Waals surface area contributed by atoms with E-state index in [9.17, 15) is 41.6 Å². The van der Waals surface area contributed by atoms with Crippen molar-refractivity contribution in [1.29, 1.82) is 0 Å².